The summed E-state index contributed by atoms with van der Waals surface area (Å²) < 4.78 is 11.6. The number of anilines is 8. The Hall–Kier alpha value is -6.32. The molecule has 0 bridgehead atoms. The molecule has 8 aromatic carbocycles. The van der Waals surface area contributed by atoms with Gasteiger partial charge >= 0.3 is 7.87 Å². The zero-order chi connectivity index (χ0) is 48.3. The van der Waals surface area contributed by atoms with E-state index in [9.17, 15) is 0 Å². The Kier molecular flexibility index (Phi) is 17.7. The van der Waals surface area contributed by atoms with Gasteiger partial charge in [0.05, 0.1) is 45.5 Å². The number of benzene rings is 8. The molecule has 70 heavy (non-hydrogen) atoms. The number of para-hydroxylation sites is 8. The first-order chi connectivity index (χ1) is 33.9. The Bertz CT molecular complexity index is 2370. The molecule has 8 aromatic rings. The Morgan fingerprint density at radius 3 is 0.443 bits per heavy atom. The van der Waals surface area contributed by atoms with Crippen LogP contribution < -0.4 is 31.1 Å². The summed E-state index contributed by atoms with van der Waals surface area (Å²) >= 11 is 0. The molecule has 0 N–H and O–H groups in total. The number of hydrogen-bond acceptors (Lipinski definition) is 4. The average molecular weight is 964 g/mol. The van der Waals surface area contributed by atoms with Gasteiger partial charge in [-0.05, 0) is 144 Å². The minimum absolute atomic E-state index is 0. The van der Waals surface area contributed by atoms with Crippen LogP contribution in [0.2, 0.25) is 0 Å². The van der Waals surface area contributed by atoms with Crippen molar-refractivity contribution in [3.05, 3.63) is 239 Å². The minimum atomic E-state index is -3.70. The average Bonchev–Trinajstić information content (AvgIpc) is 3.42. The van der Waals surface area contributed by atoms with Crippen LogP contribution in [0.25, 0.3) is 0 Å². The van der Waals surface area contributed by atoms with Crippen LogP contribution in [0.1, 0.15) is 99.9 Å². The van der Waals surface area contributed by atoms with E-state index in [1.54, 1.807) is 0 Å². The number of aryl methyl sites for hydroxylation is 8. The number of rotatable bonds is 20. The second kappa shape index (κ2) is 24.0. The summed E-state index contributed by atoms with van der Waals surface area (Å²) in [5, 5.41) is 0. The van der Waals surface area contributed by atoms with Gasteiger partial charge in [-0.1, -0.05) is 201 Å². The molecule has 0 unspecified atom stereocenters. The zero-order valence-corrected chi connectivity index (χ0v) is 44.4. The Morgan fingerprint density at radius 1 is 0.214 bits per heavy atom. The number of halogens is 1. The van der Waals surface area contributed by atoms with E-state index in [2.05, 4.69) is 268 Å². The predicted octanol–water partition coefficient (Wildman–Crippen LogP) is 15.5. The summed E-state index contributed by atoms with van der Waals surface area (Å²) in [6.45, 7) is 18.6. The van der Waals surface area contributed by atoms with Gasteiger partial charge in [-0.25, -0.2) is 0 Å². The molecule has 0 aliphatic carbocycles. The fourth-order valence-corrected chi connectivity index (χ4v) is 15.3. The van der Waals surface area contributed by atoms with Crippen molar-refractivity contribution in [2.45, 2.75) is 107 Å². The van der Waals surface area contributed by atoms with Crippen LogP contribution in [0, 0.1) is 0 Å². The SMILES string of the molecule is CCc1ccccc1N(c1ccccc1CC)[P+](N(c1ccccc1CC)c1ccccc1CC)(N(c1ccccc1CC)c1ccccc1CC)N(c1ccccc1CC)c1ccccc1CC.[Cl-]. The second-order valence-corrected chi connectivity index (χ2v) is 20.3. The molecule has 0 aromatic heterocycles. The lowest BCUT2D eigenvalue weighted by Gasteiger charge is -2.54. The molecule has 8 rings (SSSR count). The molecule has 0 radical (unpaired) electrons. The first kappa shape index (κ1) is 51.5. The van der Waals surface area contributed by atoms with Crippen molar-refractivity contribution in [2.24, 2.45) is 0 Å². The van der Waals surface area contributed by atoms with Gasteiger partial charge in [0.1, 0.15) is 0 Å². The lowest BCUT2D eigenvalue weighted by atomic mass is 10.1. The largest absolute Gasteiger partial charge is 1.00 e. The third-order valence-corrected chi connectivity index (χ3v) is 17.7. The van der Waals surface area contributed by atoms with Gasteiger partial charge in [-0.3, -0.25) is 0 Å². The zero-order valence-electron chi connectivity index (χ0n) is 42.7. The first-order valence-electron chi connectivity index (χ1n) is 25.7. The van der Waals surface area contributed by atoms with Crippen molar-refractivity contribution in [3.8, 4) is 0 Å². The molecule has 0 saturated heterocycles. The first-order valence-corrected chi connectivity index (χ1v) is 27.3. The summed E-state index contributed by atoms with van der Waals surface area (Å²) in [5.74, 6) is 0. The van der Waals surface area contributed by atoms with E-state index >= 15 is 0 Å². The van der Waals surface area contributed by atoms with Crippen LogP contribution in [0.4, 0.5) is 45.5 Å². The van der Waals surface area contributed by atoms with Gasteiger partial charge in [0.2, 0.25) is 0 Å². The number of hydrogen-bond donors (Lipinski definition) is 0. The highest BCUT2D eigenvalue weighted by Gasteiger charge is 2.68. The van der Waals surface area contributed by atoms with Crippen LogP contribution in [0.5, 0.6) is 0 Å². The Balaban J connectivity index is 0.00000722. The van der Waals surface area contributed by atoms with Gasteiger partial charge in [0.15, 0.2) is 0 Å². The molecule has 360 valence electrons. The minimum Gasteiger partial charge on any atom is -1.00 e. The highest BCUT2D eigenvalue weighted by atomic mass is 35.5. The smallest absolute Gasteiger partial charge is 0.424 e. The van der Waals surface area contributed by atoms with Crippen molar-refractivity contribution in [3.63, 3.8) is 0 Å². The quantitative estimate of drug-likeness (QED) is 0.0706. The summed E-state index contributed by atoms with van der Waals surface area (Å²) in [6, 6.07) is 74.3. The molecule has 0 aliphatic heterocycles. The monoisotopic (exact) mass is 963 g/mol. The molecule has 0 heterocycles. The summed E-state index contributed by atoms with van der Waals surface area (Å²) in [4.78, 5) is 0. The molecule has 0 saturated carbocycles. The molecule has 6 heteroatoms. The second-order valence-electron chi connectivity index (χ2n) is 17.6. The van der Waals surface area contributed by atoms with E-state index in [0.29, 0.717) is 0 Å². The van der Waals surface area contributed by atoms with Gasteiger partial charge in [0.25, 0.3) is 0 Å². The predicted molar refractivity (Wildman–Crippen MR) is 302 cm³/mol. The molecular formula is C64H72ClN4P. The molecule has 0 spiro atoms. The van der Waals surface area contributed by atoms with Crippen molar-refractivity contribution in [2.75, 3.05) is 18.7 Å². The van der Waals surface area contributed by atoms with Crippen molar-refractivity contribution in [1.82, 2.24) is 0 Å². The summed E-state index contributed by atoms with van der Waals surface area (Å²) in [5.41, 5.74) is 19.9. The van der Waals surface area contributed by atoms with E-state index in [-0.39, 0.29) is 12.4 Å². The summed E-state index contributed by atoms with van der Waals surface area (Å²) in [7, 11) is -3.70. The van der Waals surface area contributed by atoms with Gasteiger partial charge in [0, 0.05) is 0 Å². The van der Waals surface area contributed by atoms with Crippen molar-refractivity contribution >= 4 is 53.4 Å². The van der Waals surface area contributed by atoms with Crippen LogP contribution in [-0.2, 0) is 51.4 Å². The number of nitrogens with zero attached hydrogens (tertiary/aromatic N) is 4. The maximum Gasteiger partial charge on any atom is 0.424 e. The fraction of sp³-hybridized carbons (Fsp3) is 0.250. The van der Waals surface area contributed by atoms with Crippen LogP contribution >= 0.6 is 7.87 Å². The maximum absolute atomic E-state index is 3.70. The molecule has 4 nitrogen and oxygen atoms in total. The molecule has 0 aliphatic rings. The lowest BCUT2D eigenvalue weighted by Crippen LogP contribution is -3.00. The Morgan fingerprint density at radius 2 is 0.329 bits per heavy atom. The third-order valence-electron chi connectivity index (χ3n) is 13.9. The van der Waals surface area contributed by atoms with Crippen molar-refractivity contribution < 1.29 is 12.4 Å². The molecule has 0 amide bonds. The van der Waals surface area contributed by atoms with E-state index in [0.717, 1.165) is 51.4 Å². The van der Waals surface area contributed by atoms with Gasteiger partial charge in [-0.2, -0.15) is 18.7 Å². The van der Waals surface area contributed by atoms with Crippen LogP contribution in [-0.4, -0.2) is 0 Å². The van der Waals surface area contributed by atoms with Gasteiger partial charge in [-0.15, -0.1) is 0 Å². The van der Waals surface area contributed by atoms with E-state index < -0.39 is 7.87 Å². The topological polar surface area (TPSA) is 13.0 Å². The maximum atomic E-state index is 2.89. The molecule has 0 fully saturated rings. The van der Waals surface area contributed by atoms with E-state index in [1.165, 1.54) is 90.0 Å². The third kappa shape index (κ3) is 9.62. The van der Waals surface area contributed by atoms with Crippen LogP contribution in [0.15, 0.2) is 194 Å². The van der Waals surface area contributed by atoms with Gasteiger partial charge < -0.3 is 12.4 Å². The Labute approximate surface area is 427 Å². The lowest BCUT2D eigenvalue weighted by molar-refractivity contribution is -0.0000139. The van der Waals surface area contributed by atoms with Crippen LogP contribution in [0.3, 0.4) is 0 Å². The fourth-order valence-electron chi connectivity index (χ4n) is 10.3. The molecule has 0 atom stereocenters. The molecular weight excluding hydrogens is 891 g/mol. The standard InChI is InChI=1S/C64H72N4P.ClH/c1-9-49-33-17-25-41-57(49)65(58-42-26-18-34-50(58)10-2)69(66(59-43-27-19-35-51(59)11-3)60-44-28-20-36-52(60)12-4,67(61-45-29-21-37-53(61)13-5)62-46-30-22-38-54(62)14-6)68(63-47-31-23-39-55(63)15-7)64-48-32-24-40-56(64)16-8;/h17-48H,9-16H2,1-8H3;1H/q+1;/p-1. The highest BCUT2D eigenvalue weighted by Crippen LogP contribution is 2.82. The van der Waals surface area contributed by atoms with Crippen molar-refractivity contribution in [1.29, 1.82) is 0 Å². The highest BCUT2D eigenvalue weighted by molar-refractivity contribution is 7.83. The summed E-state index contributed by atoms with van der Waals surface area (Å²) in [6.07, 6.45) is 6.83. The van der Waals surface area contributed by atoms with E-state index in [4.69, 9.17) is 0 Å². The normalized spacial score (nSPS) is 11.2. The van der Waals surface area contributed by atoms with E-state index in [1.807, 2.05) is 0 Å².